The van der Waals surface area contributed by atoms with Crippen molar-refractivity contribution in [2.75, 3.05) is 11.9 Å². The number of halogens is 1. The molecule has 2 aromatic rings. The van der Waals surface area contributed by atoms with Crippen molar-refractivity contribution in [3.63, 3.8) is 0 Å². The van der Waals surface area contributed by atoms with Gasteiger partial charge in [0.25, 0.3) is 5.91 Å². The second-order valence-corrected chi connectivity index (χ2v) is 4.69. The lowest BCUT2D eigenvalue weighted by Gasteiger charge is -2.05. The first-order valence-electron chi connectivity index (χ1n) is 6.97. The van der Waals surface area contributed by atoms with Gasteiger partial charge >= 0.3 is 0 Å². The number of ether oxygens (including phenoxy) is 1. The van der Waals surface area contributed by atoms with Crippen LogP contribution < -0.4 is 10.1 Å². The first-order valence-corrected chi connectivity index (χ1v) is 6.97. The predicted molar refractivity (Wildman–Crippen MR) is 89.4 cm³/mol. The molecule has 0 spiro atoms. The zero-order chi connectivity index (χ0) is 17.4. The maximum absolute atomic E-state index is 12.8. The molecule has 0 aromatic heterocycles. The third kappa shape index (κ3) is 4.72. The number of nitrogens with zero attached hydrogens (tertiary/aromatic N) is 1. The largest absolute Gasteiger partial charge is 0.481 e. The summed E-state index contributed by atoms with van der Waals surface area (Å²) in [6.07, 6.45) is 6.56. The van der Waals surface area contributed by atoms with E-state index in [1.165, 1.54) is 30.3 Å². The summed E-state index contributed by atoms with van der Waals surface area (Å²) in [5.74, 6) is 1.98. The van der Waals surface area contributed by atoms with Crippen LogP contribution >= 0.6 is 0 Å². The standard InChI is InChI=1S/C19H13FN2O2/c1-2-11-24-18-9-3-14(4-10-18)12-15(13-21)19(23)22-17-7-5-16(20)6-8-17/h1,3-10,12H,11H2,(H,22,23)/b15-12-. The minimum Gasteiger partial charge on any atom is -0.481 e. The molecule has 0 atom stereocenters. The second-order valence-electron chi connectivity index (χ2n) is 4.69. The summed E-state index contributed by atoms with van der Waals surface area (Å²) in [4.78, 5) is 12.1. The normalized spacial score (nSPS) is 10.4. The van der Waals surface area contributed by atoms with Gasteiger partial charge in [0, 0.05) is 5.69 Å². The van der Waals surface area contributed by atoms with Crippen LogP contribution in [0, 0.1) is 29.5 Å². The maximum atomic E-state index is 12.8. The number of amides is 1. The van der Waals surface area contributed by atoms with Crippen LogP contribution in [0.4, 0.5) is 10.1 Å². The summed E-state index contributed by atoms with van der Waals surface area (Å²) < 4.78 is 18.1. The summed E-state index contributed by atoms with van der Waals surface area (Å²) in [6.45, 7) is 0.165. The summed E-state index contributed by atoms with van der Waals surface area (Å²) >= 11 is 0. The second kappa shape index (κ2) is 8.17. The molecule has 0 saturated carbocycles. The highest BCUT2D eigenvalue weighted by Gasteiger charge is 2.09. The third-order valence-electron chi connectivity index (χ3n) is 2.98. The number of nitrogens with one attached hydrogen (secondary N) is 1. The van der Waals surface area contributed by atoms with Crippen LogP contribution in [0.3, 0.4) is 0 Å². The van der Waals surface area contributed by atoms with Crippen molar-refractivity contribution < 1.29 is 13.9 Å². The average molecular weight is 320 g/mol. The molecule has 0 aliphatic carbocycles. The van der Waals surface area contributed by atoms with E-state index in [0.29, 0.717) is 17.0 Å². The molecule has 118 valence electrons. The molecule has 0 radical (unpaired) electrons. The van der Waals surface area contributed by atoms with Crippen molar-refractivity contribution >= 4 is 17.7 Å². The fourth-order valence-electron chi connectivity index (χ4n) is 1.83. The van der Waals surface area contributed by atoms with Gasteiger partial charge in [-0.05, 0) is 48.0 Å². The molecule has 2 rings (SSSR count). The van der Waals surface area contributed by atoms with E-state index in [-0.39, 0.29) is 12.2 Å². The summed E-state index contributed by atoms with van der Waals surface area (Å²) in [6, 6.07) is 13.9. The number of terminal acetylenes is 1. The third-order valence-corrected chi connectivity index (χ3v) is 2.98. The molecule has 4 nitrogen and oxygen atoms in total. The van der Waals surface area contributed by atoms with Gasteiger partial charge in [-0.2, -0.15) is 5.26 Å². The van der Waals surface area contributed by atoms with Crippen LogP contribution in [0.15, 0.2) is 54.1 Å². The van der Waals surface area contributed by atoms with E-state index in [9.17, 15) is 9.18 Å². The predicted octanol–water partition coefficient (Wildman–Crippen LogP) is 3.38. The summed E-state index contributed by atoms with van der Waals surface area (Å²) in [7, 11) is 0. The van der Waals surface area contributed by atoms with Gasteiger partial charge in [-0.25, -0.2) is 4.39 Å². The first kappa shape index (κ1) is 16.8. The van der Waals surface area contributed by atoms with Crippen molar-refractivity contribution in [3.05, 3.63) is 65.5 Å². The average Bonchev–Trinajstić information content (AvgIpc) is 2.60. The Morgan fingerprint density at radius 2 is 1.88 bits per heavy atom. The molecule has 0 aliphatic heterocycles. The van der Waals surface area contributed by atoms with E-state index >= 15 is 0 Å². The van der Waals surface area contributed by atoms with E-state index in [0.717, 1.165) is 0 Å². The van der Waals surface area contributed by atoms with E-state index < -0.39 is 11.7 Å². The molecular formula is C19H13FN2O2. The molecule has 2 aromatic carbocycles. The van der Waals surface area contributed by atoms with Crippen LogP contribution in [0.5, 0.6) is 5.75 Å². The highest BCUT2D eigenvalue weighted by atomic mass is 19.1. The monoisotopic (exact) mass is 320 g/mol. The molecule has 5 heteroatoms. The lowest BCUT2D eigenvalue weighted by atomic mass is 10.1. The number of hydrogen-bond acceptors (Lipinski definition) is 3. The van der Waals surface area contributed by atoms with Gasteiger partial charge in [-0.3, -0.25) is 4.79 Å². The number of carbonyl (C=O) groups excluding carboxylic acids is 1. The number of nitriles is 1. The fraction of sp³-hybridized carbons (Fsp3) is 0.0526. The Morgan fingerprint density at radius 1 is 1.21 bits per heavy atom. The van der Waals surface area contributed by atoms with Crippen molar-refractivity contribution in [2.45, 2.75) is 0 Å². The highest BCUT2D eigenvalue weighted by molar-refractivity contribution is 6.09. The van der Waals surface area contributed by atoms with Gasteiger partial charge < -0.3 is 10.1 Å². The molecular weight excluding hydrogens is 307 g/mol. The Hall–Kier alpha value is -3.57. The number of hydrogen-bond donors (Lipinski definition) is 1. The smallest absolute Gasteiger partial charge is 0.266 e. The lowest BCUT2D eigenvalue weighted by Crippen LogP contribution is -2.13. The van der Waals surface area contributed by atoms with Gasteiger partial charge in [0.05, 0.1) is 0 Å². The maximum Gasteiger partial charge on any atom is 0.266 e. The molecule has 0 fully saturated rings. The Morgan fingerprint density at radius 3 is 2.46 bits per heavy atom. The Bertz CT molecular complexity index is 826. The minimum atomic E-state index is -0.572. The zero-order valence-corrected chi connectivity index (χ0v) is 12.6. The van der Waals surface area contributed by atoms with Crippen LogP contribution in [0.25, 0.3) is 6.08 Å². The van der Waals surface area contributed by atoms with Crippen LogP contribution in [-0.2, 0) is 4.79 Å². The SMILES string of the molecule is C#CCOc1ccc(/C=C(/C#N)C(=O)Nc2ccc(F)cc2)cc1. The molecule has 1 N–H and O–H groups in total. The molecule has 0 heterocycles. The van der Waals surface area contributed by atoms with Gasteiger partial charge in [0.2, 0.25) is 0 Å². The van der Waals surface area contributed by atoms with Gasteiger partial charge in [0.1, 0.15) is 29.8 Å². The molecule has 0 aliphatic rings. The van der Waals surface area contributed by atoms with E-state index in [1.54, 1.807) is 24.3 Å². The highest BCUT2D eigenvalue weighted by Crippen LogP contribution is 2.16. The first-order chi connectivity index (χ1) is 11.6. The Kier molecular flexibility index (Phi) is 5.71. The van der Waals surface area contributed by atoms with Gasteiger partial charge in [-0.1, -0.05) is 18.1 Å². The molecule has 1 amide bonds. The number of anilines is 1. The van der Waals surface area contributed by atoms with Crippen molar-refractivity contribution in [3.8, 4) is 24.2 Å². The van der Waals surface area contributed by atoms with E-state index in [1.807, 2.05) is 6.07 Å². The van der Waals surface area contributed by atoms with Gasteiger partial charge in [0.15, 0.2) is 0 Å². The lowest BCUT2D eigenvalue weighted by molar-refractivity contribution is -0.112. The fourth-order valence-corrected chi connectivity index (χ4v) is 1.83. The number of rotatable bonds is 5. The quantitative estimate of drug-likeness (QED) is 0.522. The van der Waals surface area contributed by atoms with Crippen molar-refractivity contribution in [1.82, 2.24) is 0 Å². The zero-order valence-electron chi connectivity index (χ0n) is 12.6. The van der Waals surface area contributed by atoms with Crippen LogP contribution in [0.1, 0.15) is 5.56 Å². The Balaban J connectivity index is 2.10. The van der Waals surface area contributed by atoms with Crippen LogP contribution in [-0.4, -0.2) is 12.5 Å². The van der Waals surface area contributed by atoms with Crippen molar-refractivity contribution in [1.29, 1.82) is 5.26 Å². The Labute approximate surface area is 139 Å². The van der Waals surface area contributed by atoms with Crippen LogP contribution in [0.2, 0.25) is 0 Å². The van der Waals surface area contributed by atoms with E-state index in [4.69, 9.17) is 16.4 Å². The molecule has 0 saturated heterocycles. The number of carbonyl (C=O) groups is 1. The summed E-state index contributed by atoms with van der Waals surface area (Å²) in [5, 5.41) is 11.7. The topological polar surface area (TPSA) is 62.1 Å². The minimum absolute atomic E-state index is 0.0726. The number of benzene rings is 2. The molecule has 0 bridgehead atoms. The van der Waals surface area contributed by atoms with Crippen molar-refractivity contribution in [2.24, 2.45) is 0 Å². The molecule has 0 unspecified atom stereocenters. The molecule has 24 heavy (non-hydrogen) atoms. The summed E-state index contributed by atoms with van der Waals surface area (Å²) in [5.41, 5.74) is 0.992. The van der Waals surface area contributed by atoms with E-state index in [2.05, 4.69) is 11.2 Å². The van der Waals surface area contributed by atoms with Gasteiger partial charge in [-0.15, -0.1) is 6.42 Å².